The van der Waals surface area contributed by atoms with Crippen LogP contribution in [0.2, 0.25) is 0 Å². The quantitative estimate of drug-likeness (QED) is 0.840. The van der Waals surface area contributed by atoms with Gasteiger partial charge in [-0.3, -0.25) is 0 Å². The number of rotatable bonds is 7. The number of carbonyl (C=O) groups is 1. The van der Waals surface area contributed by atoms with Gasteiger partial charge >= 0.3 is 5.97 Å². The van der Waals surface area contributed by atoms with Gasteiger partial charge in [0.2, 0.25) is 0 Å². The monoisotopic (exact) mass is 305 g/mol. The molecule has 0 saturated heterocycles. The van der Waals surface area contributed by atoms with Crippen molar-refractivity contribution < 1.29 is 18.3 Å². The second-order valence-corrected chi connectivity index (χ2v) is 7.50. The van der Waals surface area contributed by atoms with Crippen molar-refractivity contribution in [2.24, 2.45) is 0 Å². The van der Waals surface area contributed by atoms with E-state index in [9.17, 15) is 13.2 Å². The lowest BCUT2D eigenvalue weighted by Gasteiger charge is -2.19. The van der Waals surface area contributed by atoms with Crippen LogP contribution in [-0.2, 0) is 10.0 Å². The van der Waals surface area contributed by atoms with Crippen molar-refractivity contribution in [2.75, 3.05) is 13.1 Å². The van der Waals surface area contributed by atoms with Crippen LogP contribution in [0.15, 0.2) is 10.3 Å². The Labute approximate surface area is 117 Å². The SMILES string of the molecule is CCCN(CCC)S(=O)(=O)c1cc(C)c(C(=O)O)s1. The Bertz CT molecular complexity index is 542. The maximum absolute atomic E-state index is 12.4. The zero-order valence-corrected chi connectivity index (χ0v) is 13.0. The van der Waals surface area contributed by atoms with Crippen LogP contribution in [0, 0.1) is 6.92 Å². The predicted molar refractivity (Wildman–Crippen MR) is 75.4 cm³/mol. The van der Waals surface area contributed by atoms with Gasteiger partial charge in [-0.15, -0.1) is 11.3 Å². The van der Waals surface area contributed by atoms with E-state index < -0.39 is 16.0 Å². The van der Waals surface area contributed by atoms with Crippen LogP contribution in [0.3, 0.4) is 0 Å². The molecule has 0 aliphatic carbocycles. The molecule has 0 unspecified atom stereocenters. The number of carboxylic acids is 1. The molecule has 7 heteroatoms. The summed E-state index contributed by atoms with van der Waals surface area (Å²) in [4.78, 5) is 11.1. The van der Waals surface area contributed by atoms with Crippen molar-refractivity contribution in [3.63, 3.8) is 0 Å². The molecule has 0 aliphatic heterocycles. The zero-order chi connectivity index (χ0) is 14.6. The molecule has 0 saturated carbocycles. The summed E-state index contributed by atoms with van der Waals surface area (Å²) < 4.78 is 26.4. The smallest absolute Gasteiger partial charge is 0.346 e. The Hall–Kier alpha value is -0.920. The van der Waals surface area contributed by atoms with Gasteiger partial charge in [-0.05, 0) is 31.4 Å². The Balaban J connectivity index is 3.17. The second-order valence-electron chi connectivity index (χ2n) is 4.29. The first-order valence-corrected chi connectivity index (χ1v) is 8.44. The summed E-state index contributed by atoms with van der Waals surface area (Å²) in [6.07, 6.45) is 1.46. The fraction of sp³-hybridized carbons (Fsp3) is 0.583. The van der Waals surface area contributed by atoms with Crippen LogP contribution >= 0.6 is 11.3 Å². The van der Waals surface area contributed by atoms with Gasteiger partial charge in [-0.1, -0.05) is 13.8 Å². The second kappa shape index (κ2) is 6.49. The van der Waals surface area contributed by atoms with Gasteiger partial charge in [0.25, 0.3) is 10.0 Å². The first-order chi connectivity index (χ1) is 8.84. The average Bonchev–Trinajstić information content (AvgIpc) is 2.72. The highest BCUT2D eigenvalue weighted by atomic mass is 32.2. The van der Waals surface area contributed by atoms with Crippen LogP contribution in [0.25, 0.3) is 0 Å². The van der Waals surface area contributed by atoms with E-state index in [4.69, 9.17) is 5.11 Å². The lowest BCUT2D eigenvalue weighted by Crippen LogP contribution is -2.32. The van der Waals surface area contributed by atoms with Crippen LogP contribution in [-0.4, -0.2) is 36.9 Å². The molecule has 1 heterocycles. The molecule has 0 aliphatic rings. The summed E-state index contributed by atoms with van der Waals surface area (Å²) in [6.45, 7) is 6.36. The fourth-order valence-corrected chi connectivity index (χ4v) is 4.93. The first kappa shape index (κ1) is 16.1. The number of hydrogen-bond acceptors (Lipinski definition) is 4. The van der Waals surface area contributed by atoms with Gasteiger partial charge in [0.15, 0.2) is 0 Å². The number of aromatic carboxylic acids is 1. The molecule has 19 heavy (non-hydrogen) atoms. The van der Waals surface area contributed by atoms with Gasteiger partial charge in [0, 0.05) is 13.1 Å². The topological polar surface area (TPSA) is 74.7 Å². The molecule has 1 aromatic rings. The number of thiophene rings is 1. The molecule has 0 aromatic carbocycles. The van der Waals surface area contributed by atoms with Crippen molar-refractivity contribution in [3.05, 3.63) is 16.5 Å². The van der Waals surface area contributed by atoms with Crippen LogP contribution in [0.5, 0.6) is 0 Å². The van der Waals surface area contributed by atoms with Gasteiger partial charge in [-0.25, -0.2) is 13.2 Å². The fourth-order valence-electron chi connectivity index (χ4n) is 1.77. The maximum Gasteiger partial charge on any atom is 0.346 e. The molecule has 0 fully saturated rings. The van der Waals surface area contributed by atoms with Crippen molar-refractivity contribution in [2.45, 2.75) is 37.8 Å². The summed E-state index contributed by atoms with van der Waals surface area (Å²) in [5, 5.41) is 8.99. The lowest BCUT2D eigenvalue weighted by atomic mass is 10.3. The summed E-state index contributed by atoms with van der Waals surface area (Å²) in [6, 6.07) is 1.45. The minimum absolute atomic E-state index is 0.0894. The third-order valence-electron chi connectivity index (χ3n) is 2.63. The Kier molecular flexibility index (Phi) is 5.51. The van der Waals surface area contributed by atoms with Gasteiger partial charge < -0.3 is 5.11 Å². The summed E-state index contributed by atoms with van der Waals surface area (Å²) in [5.41, 5.74) is 0.490. The summed E-state index contributed by atoms with van der Waals surface area (Å²) in [7, 11) is -3.57. The van der Waals surface area contributed by atoms with Crippen molar-refractivity contribution in [1.29, 1.82) is 0 Å². The highest BCUT2D eigenvalue weighted by molar-refractivity contribution is 7.91. The van der Waals surface area contributed by atoms with Crippen molar-refractivity contribution >= 4 is 27.3 Å². The number of aryl methyl sites for hydroxylation is 1. The van der Waals surface area contributed by atoms with E-state index in [0.29, 0.717) is 18.7 Å². The normalized spacial score (nSPS) is 12.0. The molecule has 5 nitrogen and oxygen atoms in total. The molecular weight excluding hydrogens is 286 g/mol. The van der Waals surface area contributed by atoms with Gasteiger partial charge in [0.1, 0.15) is 9.09 Å². The standard InChI is InChI=1S/C12H19NO4S2/c1-4-6-13(7-5-2)19(16,17)10-8-9(3)11(18-10)12(14)15/h8H,4-7H2,1-3H3,(H,14,15). The summed E-state index contributed by atoms with van der Waals surface area (Å²) >= 11 is 0.825. The summed E-state index contributed by atoms with van der Waals surface area (Å²) in [5.74, 6) is -1.08. The minimum Gasteiger partial charge on any atom is -0.477 e. The van der Waals surface area contributed by atoms with Crippen molar-refractivity contribution in [1.82, 2.24) is 4.31 Å². The Morgan fingerprint density at radius 1 is 1.32 bits per heavy atom. The predicted octanol–water partition coefficient (Wildman–Crippen LogP) is 2.57. The first-order valence-electron chi connectivity index (χ1n) is 6.18. The number of nitrogens with zero attached hydrogens (tertiary/aromatic N) is 1. The van der Waals surface area contributed by atoms with E-state index in [1.54, 1.807) is 6.92 Å². The molecule has 0 atom stereocenters. The van der Waals surface area contributed by atoms with E-state index in [2.05, 4.69) is 0 Å². The largest absolute Gasteiger partial charge is 0.477 e. The highest BCUT2D eigenvalue weighted by Crippen LogP contribution is 2.28. The van der Waals surface area contributed by atoms with Crippen LogP contribution in [0.4, 0.5) is 0 Å². The van der Waals surface area contributed by atoms with Crippen molar-refractivity contribution in [3.8, 4) is 0 Å². The average molecular weight is 305 g/mol. The third-order valence-corrected chi connectivity index (χ3v) is 6.20. The lowest BCUT2D eigenvalue weighted by molar-refractivity contribution is 0.0701. The van der Waals surface area contributed by atoms with Crippen LogP contribution < -0.4 is 0 Å². The van der Waals surface area contributed by atoms with E-state index in [1.807, 2.05) is 13.8 Å². The highest BCUT2D eigenvalue weighted by Gasteiger charge is 2.27. The minimum atomic E-state index is -3.57. The molecule has 1 aromatic heterocycles. The third kappa shape index (κ3) is 3.55. The Morgan fingerprint density at radius 2 is 1.84 bits per heavy atom. The molecular formula is C12H19NO4S2. The van der Waals surface area contributed by atoms with E-state index >= 15 is 0 Å². The van der Waals surface area contributed by atoms with E-state index in [0.717, 1.165) is 24.2 Å². The number of sulfonamides is 1. The maximum atomic E-state index is 12.4. The molecule has 0 radical (unpaired) electrons. The molecule has 0 bridgehead atoms. The molecule has 0 spiro atoms. The number of hydrogen-bond donors (Lipinski definition) is 1. The zero-order valence-electron chi connectivity index (χ0n) is 11.3. The molecule has 0 amide bonds. The Morgan fingerprint density at radius 3 is 2.21 bits per heavy atom. The number of carboxylic acid groups (broad SMARTS) is 1. The van der Waals surface area contributed by atoms with E-state index in [1.165, 1.54) is 10.4 Å². The van der Waals surface area contributed by atoms with Gasteiger partial charge in [0.05, 0.1) is 0 Å². The van der Waals surface area contributed by atoms with Gasteiger partial charge in [-0.2, -0.15) is 4.31 Å². The molecule has 1 N–H and O–H groups in total. The molecule has 1 rings (SSSR count). The molecule has 108 valence electrons. The van der Waals surface area contributed by atoms with E-state index in [-0.39, 0.29) is 9.09 Å². The van der Waals surface area contributed by atoms with Crippen LogP contribution in [0.1, 0.15) is 41.9 Å².